The van der Waals surface area contributed by atoms with Crippen molar-refractivity contribution in [3.63, 3.8) is 0 Å². The highest BCUT2D eigenvalue weighted by molar-refractivity contribution is 5.94. The van der Waals surface area contributed by atoms with Crippen molar-refractivity contribution >= 4 is 11.7 Å². The largest absolute Gasteiger partial charge is 0.433 e. The Labute approximate surface area is 153 Å². The maximum absolute atomic E-state index is 12.8. The lowest BCUT2D eigenvalue weighted by Gasteiger charge is -2.33. The number of nitriles is 1. The average molecular weight is 375 g/mol. The van der Waals surface area contributed by atoms with Gasteiger partial charge in [-0.25, -0.2) is 9.97 Å². The molecule has 1 aliphatic heterocycles. The van der Waals surface area contributed by atoms with Gasteiger partial charge in [0.05, 0.1) is 11.6 Å². The molecule has 0 atom stereocenters. The smallest absolute Gasteiger partial charge is 0.356 e. The van der Waals surface area contributed by atoms with Gasteiger partial charge < -0.3 is 10.2 Å². The van der Waals surface area contributed by atoms with Crippen LogP contribution in [-0.4, -0.2) is 35.0 Å². The van der Waals surface area contributed by atoms with Gasteiger partial charge in [0, 0.05) is 30.8 Å². The molecule has 1 N–H and O–H groups in total. The summed E-state index contributed by atoms with van der Waals surface area (Å²) in [7, 11) is 0. The minimum absolute atomic E-state index is 0.0756. The summed E-state index contributed by atoms with van der Waals surface area (Å²) in [6.45, 7) is 0.958. The number of nitrogens with one attached hydrogen (secondary N) is 1. The maximum atomic E-state index is 12.8. The number of halogens is 3. The highest BCUT2D eigenvalue weighted by atomic mass is 19.4. The average Bonchev–Trinajstić information content (AvgIpc) is 2.68. The van der Waals surface area contributed by atoms with Crippen LogP contribution in [0.4, 0.5) is 19.0 Å². The predicted molar refractivity (Wildman–Crippen MR) is 90.9 cm³/mol. The summed E-state index contributed by atoms with van der Waals surface area (Å²) in [4.78, 5) is 21.2. The number of hydrogen-bond donors (Lipinski definition) is 1. The number of rotatable bonds is 3. The van der Waals surface area contributed by atoms with E-state index in [1.165, 1.54) is 0 Å². The van der Waals surface area contributed by atoms with Crippen LogP contribution >= 0.6 is 0 Å². The highest BCUT2D eigenvalue weighted by Gasteiger charge is 2.33. The van der Waals surface area contributed by atoms with Crippen LogP contribution in [0.15, 0.2) is 36.7 Å². The van der Waals surface area contributed by atoms with E-state index in [0.717, 1.165) is 12.4 Å². The van der Waals surface area contributed by atoms with E-state index < -0.39 is 11.9 Å². The minimum atomic E-state index is -4.51. The molecule has 2 aromatic rings. The van der Waals surface area contributed by atoms with E-state index in [9.17, 15) is 18.0 Å². The van der Waals surface area contributed by atoms with Gasteiger partial charge in [-0.1, -0.05) is 0 Å². The molecule has 0 saturated carbocycles. The number of piperidine rings is 1. The standard InChI is InChI=1S/C18H16F3N5O/c19-18(20,21)15-9-16(24-11-23-15)26-7-5-14(6-8-26)25-17(27)13-3-1-12(10-22)2-4-13/h1-4,9,11,14H,5-8H2,(H,25,27). The Hall–Kier alpha value is -3.15. The molecule has 27 heavy (non-hydrogen) atoms. The normalized spacial score (nSPS) is 15.3. The summed E-state index contributed by atoms with van der Waals surface area (Å²) in [5, 5.41) is 11.7. The lowest BCUT2D eigenvalue weighted by molar-refractivity contribution is -0.141. The first-order chi connectivity index (χ1) is 12.9. The number of benzene rings is 1. The van der Waals surface area contributed by atoms with Gasteiger partial charge in [0.25, 0.3) is 5.91 Å². The van der Waals surface area contributed by atoms with Gasteiger partial charge in [0.15, 0.2) is 0 Å². The fourth-order valence-corrected chi connectivity index (χ4v) is 2.89. The van der Waals surface area contributed by atoms with Gasteiger partial charge in [-0.15, -0.1) is 0 Å². The fourth-order valence-electron chi connectivity index (χ4n) is 2.89. The third-order valence-electron chi connectivity index (χ3n) is 4.37. The van der Waals surface area contributed by atoms with Crippen LogP contribution in [0.3, 0.4) is 0 Å². The van der Waals surface area contributed by atoms with Gasteiger partial charge in [0.1, 0.15) is 17.8 Å². The molecule has 1 amide bonds. The van der Waals surface area contributed by atoms with E-state index in [-0.39, 0.29) is 17.8 Å². The maximum Gasteiger partial charge on any atom is 0.433 e. The predicted octanol–water partition coefficient (Wildman–Crippen LogP) is 2.77. The quantitative estimate of drug-likeness (QED) is 0.892. The number of hydrogen-bond acceptors (Lipinski definition) is 5. The monoisotopic (exact) mass is 375 g/mol. The molecule has 0 spiro atoms. The Morgan fingerprint density at radius 1 is 1.19 bits per heavy atom. The molecular formula is C18H16F3N5O. The van der Waals surface area contributed by atoms with Crippen molar-refractivity contribution in [2.24, 2.45) is 0 Å². The number of carbonyl (C=O) groups excluding carboxylic acids is 1. The number of anilines is 1. The molecule has 9 heteroatoms. The molecule has 0 radical (unpaired) electrons. The zero-order valence-corrected chi connectivity index (χ0v) is 14.2. The third-order valence-corrected chi connectivity index (χ3v) is 4.37. The number of alkyl halides is 3. The molecule has 6 nitrogen and oxygen atoms in total. The molecule has 1 aliphatic rings. The summed E-state index contributed by atoms with van der Waals surface area (Å²) in [6.07, 6.45) is -2.41. The first-order valence-electron chi connectivity index (χ1n) is 8.32. The fraction of sp³-hybridized carbons (Fsp3) is 0.333. The molecule has 1 aromatic carbocycles. The van der Waals surface area contributed by atoms with Crippen LogP contribution in [0, 0.1) is 11.3 Å². The van der Waals surface area contributed by atoms with Crippen LogP contribution in [0.25, 0.3) is 0 Å². The van der Waals surface area contributed by atoms with Crippen LogP contribution in [0.5, 0.6) is 0 Å². The van der Waals surface area contributed by atoms with Crippen molar-refractivity contribution in [2.75, 3.05) is 18.0 Å². The van der Waals surface area contributed by atoms with Gasteiger partial charge in [-0.2, -0.15) is 18.4 Å². The second-order valence-corrected chi connectivity index (χ2v) is 6.18. The van der Waals surface area contributed by atoms with E-state index in [2.05, 4.69) is 15.3 Å². The third kappa shape index (κ3) is 4.53. The summed E-state index contributed by atoms with van der Waals surface area (Å²) in [5.41, 5.74) is -0.0336. The molecule has 0 bridgehead atoms. The molecule has 2 heterocycles. The number of amides is 1. The van der Waals surface area contributed by atoms with Crippen molar-refractivity contribution in [3.8, 4) is 6.07 Å². The Balaban J connectivity index is 1.57. The SMILES string of the molecule is N#Cc1ccc(C(=O)NC2CCN(c3cc(C(F)(F)F)ncn3)CC2)cc1. The summed E-state index contributed by atoms with van der Waals surface area (Å²) < 4.78 is 38.3. The van der Waals surface area contributed by atoms with Gasteiger partial charge in [-0.3, -0.25) is 4.79 Å². The number of carbonyl (C=O) groups is 1. The minimum Gasteiger partial charge on any atom is -0.356 e. The van der Waals surface area contributed by atoms with Crippen molar-refractivity contribution in [1.82, 2.24) is 15.3 Å². The van der Waals surface area contributed by atoms with Crippen LogP contribution in [0.2, 0.25) is 0 Å². The topological polar surface area (TPSA) is 81.9 Å². The molecule has 140 valence electrons. The van der Waals surface area contributed by atoms with Crippen molar-refractivity contribution < 1.29 is 18.0 Å². The number of aromatic nitrogens is 2. The Bertz CT molecular complexity index is 853. The molecular weight excluding hydrogens is 359 g/mol. The van der Waals surface area contributed by atoms with Crippen molar-refractivity contribution in [1.29, 1.82) is 5.26 Å². The van der Waals surface area contributed by atoms with Crippen molar-refractivity contribution in [3.05, 3.63) is 53.5 Å². The van der Waals surface area contributed by atoms with E-state index in [1.807, 2.05) is 6.07 Å². The first kappa shape index (κ1) is 18.6. The highest BCUT2D eigenvalue weighted by Crippen LogP contribution is 2.29. The van der Waals surface area contributed by atoms with Crippen molar-refractivity contribution in [2.45, 2.75) is 25.1 Å². The van der Waals surface area contributed by atoms with Gasteiger partial charge in [0.2, 0.25) is 0 Å². The van der Waals surface area contributed by atoms with Crippen LogP contribution < -0.4 is 10.2 Å². The Morgan fingerprint density at radius 2 is 1.85 bits per heavy atom. The number of nitrogens with zero attached hydrogens (tertiary/aromatic N) is 4. The lowest BCUT2D eigenvalue weighted by Crippen LogP contribution is -2.45. The van der Waals surface area contributed by atoms with Crippen LogP contribution in [0.1, 0.15) is 34.5 Å². The molecule has 0 aliphatic carbocycles. The Kier molecular flexibility index (Phi) is 5.26. The van der Waals surface area contributed by atoms with E-state index in [4.69, 9.17) is 5.26 Å². The molecule has 1 fully saturated rings. The summed E-state index contributed by atoms with van der Waals surface area (Å²) in [5.74, 6) is -0.00599. The van der Waals surface area contributed by atoms with Gasteiger partial charge in [-0.05, 0) is 37.1 Å². The summed E-state index contributed by atoms with van der Waals surface area (Å²) >= 11 is 0. The van der Waals surface area contributed by atoms with Gasteiger partial charge >= 0.3 is 6.18 Å². The first-order valence-corrected chi connectivity index (χ1v) is 8.32. The molecule has 3 rings (SSSR count). The Morgan fingerprint density at radius 3 is 2.44 bits per heavy atom. The van der Waals surface area contributed by atoms with Crippen LogP contribution in [-0.2, 0) is 6.18 Å². The molecule has 0 unspecified atom stereocenters. The van der Waals surface area contributed by atoms with E-state index >= 15 is 0 Å². The summed E-state index contributed by atoms with van der Waals surface area (Å²) in [6, 6.07) is 9.17. The zero-order chi connectivity index (χ0) is 19.4. The van der Waals surface area contributed by atoms with E-state index in [0.29, 0.717) is 37.1 Å². The second kappa shape index (κ2) is 7.61. The molecule has 1 saturated heterocycles. The zero-order valence-electron chi connectivity index (χ0n) is 14.2. The van der Waals surface area contributed by atoms with E-state index in [1.54, 1.807) is 29.2 Å². The second-order valence-electron chi connectivity index (χ2n) is 6.18. The lowest BCUT2D eigenvalue weighted by atomic mass is 10.0. The molecule has 1 aromatic heterocycles.